The van der Waals surface area contributed by atoms with E-state index in [-0.39, 0.29) is 0 Å². The highest BCUT2D eigenvalue weighted by atomic mass is 28.4. The summed E-state index contributed by atoms with van der Waals surface area (Å²) in [7, 11) is -1.58. The minimum atomic E-state index is -1.58. The molecule has 1 aromatic carbocycles. The van der Waals surface area contributed by atoms with Gasteiger partial charge in [-0.15, -0.1) is 0 Å². The van der Waals surface area contributed by atoms with Crippen LogP contribution >= 0.6 is 0 Å². The molecule has 1 rings (SSSR count). The third kappa shape index (κ3) is 4.91. The summed E-state index contributed by atoms with van der Waals surface area (Å²) < 4.78 is 11.1. The number of amides is 1. The van der Waals surface area contributed by atoms with Crippen molar-refractivity contribution in [2.45, 2.75) is 32.7 Å². The maximum atomic E-state index is 10.8. The van der Waals surface area contributed by atoms with Crippen molar-refractivity contribution in [2.75, 3.05) is 0 Å². The third-order valence-corrected chi connectivity index (χ3v) is 2.81. The molecule has 0 aliphatic heterocycles. The molecule has 17 heavy (non-hydrogen) atoms. The minimum absolute atomic E-state index is 0.479. The molecule has 5 heteroatoms. The molecule has 0 bridgehead atoms. The smallest absolute Gasteiger partial charge is 0.258 e. The normalized spacial score (nSPS) is 12.9. The van der Waals surface area contributed by atoms with Gasteiger partial charge < -0.3 is 14.9 Å². The number of hydrogen-bond donors (Lipinski definition) is 1. The summed E-state index contributed by atoms with van der Waals surface area (Å²) in [6, 6.07) is 7.21. The zero-order valence-electron chi connectivity index (χ0n) is 10.7. The summed E-state index contributed by atoms with van der Waals surface area (Å²) in [5.41, 5.74) is 5.11. The summed E-state index contributed by atoms with van der Waals surface area (Å²) in [6.45, 7) is 7.97. The molecule has 0 saturated carbocycles. The molecule has 0 radical (unpaired) electrons. The van der Waals surface area contributed by atoms with E-state index in [4.69, 9.17) is 14.9 Å². The molecular weight excluding hydrogens is 234 g/mol. The number of carbonyl (C=O) groups excluding carboxylic acids is 1. The third-order valence-electron chi connectivity index (χ3n) is 1.96. The lowest BCUT2D eigenvalue weighted by atomic mass is 10.3. The highest BCUT2D eigenvalue weighted by Gasteiger charge is 2.16. The van der Waals surface area contributed by atoms with Crippen LogP contribution in [-0.4, -0.2) is 20.3 Å². The van der Waals surface area contributed by atoms with Gasteiger partial charge in [0.15, 0.2) is 6.10 Å². The molecule has 1 atom stereocenters. The first-order valence-corrected chi connectivity index (χ1v) is 8.94. The summed E-state index contributed by atoms with van der Waals surface area (Å²) in [6.07, 6.45) is -0.626. The minimum Gasteiger partial charge on any atom is -0.544 e. The topological polar surface area (TPSA) is 61.6 Å². The zero-order valence-corrected chi connectivity index (χ0v) is 11.7. The lowest BCUT2D eigenvalue weighted by Gasteiger charge is -2.19. The summed E-state index contributed by atoms with van der Waals surface area (Å²) >= 11 is 0. The van der Waals surface area contributed by atoms with Crippen LogP contribution in [-0.2, 0) is 4.79 Å². The van der Waals surface area contributed by atoms with E-state index >= 15 is 0 Å². The highest BCUT2D eigenvalue weighted by Crippen LogP contribution is 2.21. The summed E-state index contributed by atoms with van der Waals surface area (Å²) in [5, 5.41) is 0. The second kappa shape index (κ2) is 5.22. The van der Waals surface area contributed by atoms with Crippen LogP contribution in [0, 0.1) is 0 Å². The SMILES string of the molecule is CC(Oc1ccc(O[Si](C)(C)C)cc1)C(N)=O. The summed E-state index contributed by atoms with van der Waals surface area (Å²) in [4.78, 5) is 10.8. The van der Waals surface area contributed by atoms with Crippen molar-refractivity contribution in [2.24, 2.45) is 5.73 Å². The maximum Gasteiger partial charge on any atom is 0.258 e. The van der Waals surface area contributed by atoms with Gasteiger partial charge in [0, 0.05) is 0 Å². The fourth-order valence-electron chi connectivity index (χ4n) is 1.20. The number of primary amides is 1. The monoisotopic (exact) mass is 253 g/mol. The van der Waals surface area contributed by atoms with Crippen molar-refractivity contribution in [3.8, 4) is 11.5 Å². The fourth-order valence-corrected chi connectivity index (χ4v) is 2.05. The van der Waals surface area contributed by atoms with E-state index in [2.05, 4.69) is 19.6 Å². The van der Waals surface area contributed by atoms with Crippen LogP contribution in [0.2, 0.25) is 19.6 Å². The lowest BCUT2D eigenvalue weighted by molar-refractivity contribution is -0.123. The lowest BCUT2D eigenvalue weighted by Crippen LogP contribution is -2.30. The van der Waals surface area contributed by atoms with E-state index < -0.39 is 20.3 Å². The molecule has 0 fully saturated rings. The molecule has 4 nitrogen and oxygen atoms in total. The van der Waals surface area contributed by atoms with Gasteiger partial charge in [0.1, 0.15) is 11.5 Å². The van der Waals surface area contributed by atoms with Gasteiger partial charge in [-0.25, -0.2) is 0 Å². The van der Waals surface area contributed by atoms with E-state index in [1.807, 2.05) is 12.1 Å². The molecular formula is C12H19NO3Si. The van der Waals surface area contributed by atoms with Crippen molar-refractivity contribution < 1.29 is 14.0 Å². The number of nitrogens with two attached hydrogens (primary N) is 1. The Morgan fingerprint density at radius 1 is 1.18 bits per heavy atom. The molecule has 0 aliphatic carbocycles. The van der Waals surface area contributed by atoms with Crippen LogP contribution in [0.25, 0.3) is 0 Å². The Hall–Kier alpha value is -1.49. The van der Waals surface area contributed by atoms with E-state index in [1.54, 1.807) is 19.1 Å². The standard InChI is InChI=1S/C12H19NO3Si/c1-9(12(13)14)15-10-5-7-11(8-6-10)16-17(2,3)4/h5-9H,1-4H3,(H2,13,14). The van der Waals surface area contributed by atoms with Gasteiger partial charge in [-0.05, 0) is 50.8 Å². The van der Waals surface area contributed by atoms with Gasteiger partial charge in [0.05, 0.1) is 0 Å². The van der Waals surface area contributed by atoms with Gasteiger partial charge in [-0.2, -0.15) is 0 Å². The van der Waals surface area contributed by atoms with Crippen molar-refractivity contribution in [3.05, 3.63) is 24.3 Å². The van der Waals surface area contributed by atoms with E-state index in [0.717, 1.165) is 5.75 Å². The van der Waals surface area contributed by atoms with E-state index in [0.29, 0.717) is 5.75 Å². The Balaban J connectivity index is 2.65. The van der Waals surface area contributed by atoms with Gasteiger partial charge in [0.25, 0.3) is 5.91 Å². The van der Waals surface area contributed by atoms with Gasteiger partial charge in [0.2, 0.25) is 8.32 Å². The number of carbonyl (C=O) groups is 1. The van der Waals surface area contributed by atoms with Crippen molar-refractivity contribution in [1.29, 1.82) is 0 Å². The summed E-state index contributed by atoms with van der Waals surface area (Å²) in [5.74, 6) is 0.954. The van der Waals surface area contributed by atoms with E-state index in [1.165, 1.54) is 0 Å². The molecule has 1 amide bonds. The largest absolute Gasteiger partial charge is 0.544 e. The zero-order chi connectivity index (χ0) is 13.1. The van der Waals surface area contributed by atoms with Crippen LogP contribution in [0.4, 0.5) is 0 Å². The number of ether oxygens (including phenoxy) is 1. The fraction of sp³-hybridized carbons (Fsp3) is 0.417. The van der Waals surface area contributed by atoms with Crippen molar-refractivity contribution in [1.82, 2.24) is 0 Å². The average molecular weight is 253 g/mol. The Bertz CT molecular complexity index is 384. The van der Waals surface area contributed by atoms with Crippen LogP contribution < -0.4 is 14.9 Å². The van der Waals surface area contributed by atoms with Crippen molar-refractivity contribution >= 4 is 14.2 Å². The first-order valence-electron chi connectivity index (χ1n) is 5.53. The number of benzene rings is 1. The van der Waals surface area contributed by atoms with Crippen LogP contribution in [0.1, 0.15) is 6.92 Å². The Labute approximate surface area is 103 Å². The van der Waals surface area contributed by atoms with Gasteiger partial charge in [-0.1, -0.05) is 0 Å². The van der Waals surface area contributed by atoms with Gasteiger partial charge in [-0.3, -0.25) is 4.79 Å². The predicted molar refractivity (Wildman–Crippen MR) is 69.7 cm³/mol. The maximum absolute atomic E-state index is 10.8. The molecule has 0 saturated heterocycles. The first-order chi connectivity index (χ1) is 7.78. The molecule has 0 heterocycles. The van der Waals surface area contributed by atoms with Crippen LogP contribution in [0.15, 0.2) is 24.3 Å². The Morgan fingerprint density at radius 2 is 1.65 bits per heavy atom. The predicted octanol–water partition coefficient (Wildman–Crippen LogP) is 2.15. The second-order valence-corrected chi connectivity index (χ2v) is 9.28. The molecule has 0 spiro atoms. The first kappa shape index (κ1) is 13.6. The number of rotatable bonds is 5. The van der Waals surface area contributed by atoms with Crippen LogP contribution in [0.3, 0.4) is 0 Å². The van der Waals surface area contributed by atoms with Gasteiger partial charge >= 0.3 is 0 Å². The van der Waals surface area contributed by atoms with Crippen LogP contribution in [0.5, 0.6) is 11.5 Å². The number of hydrogen-bond acceptors (Lipinski definition) is 3. The van der Waals surface area contributed by atoms with E-state index in [9.17, 15) is 4.79 Å². The molecule has 1 unspecified atom stereocenters. The molecule has 1 aromatic rings. The molecule has 2 N–H and O–H groups in total. The second-order valence-electron chi connectivity index (χ2n) is 4.85. The Kier molecular flexibility index (Phi) is 4.17. The molecule has 0 aliphatic rings. The highest BCUT2D eigenvalue weighted by molar-refractivity contribution is 6.70. The molecule has 0 aromatic heterocycles. The average Bonchev–Trinajstić information content (AvgIpc) is 2.18. The molecule has 94 valence electrons. The Morgan fingerprint density at radius 3 is 2.06 bits per heavy atom. The van der Waals surface area contributed by atoms with Crippen molar-refractivity contribution in [3.63, 3.8) is 0 Å². The quantitative estimate of drug-likeness (QED) is 0.818.